The van der Waals surface area contributed by atoms with E-state index in [4.69, 9.17) is 20.9 Å². The summed E-state index contributed by atoms with van der Waals surface area (Å²) in [7, 11) is 0. The predicted molar refractivity (Wildman–Crippen MR) is 265 cm³/mol. The van der Waals surface area contributed by atoms with Crippen molar-refractivity contribution < 1.29 is 29.3 Å². The maximum Gasteiger partial charge on any atom is 0.235 e. The summed E-state index contributed by atoms with van der Waals surface area (Å²) in [5.41, 5.74) is 14.3. The molecule has 65 heavy (non-hydrogen) atoms. The summed E-state index contributed by atoms with van der Waals surface area (Å²) >= 11 is 0. The molecule has 4 aromatic carbocycles. The van der Waals surface area contributed by atoms with Crippen LogP contribution in [0.3, 0.4) is 0 Å². The molecule has 8 nitrogen and oxygen atoms in total. The Balaban J connectivity index is 1.15. The molecule has 4 aromatic rings. The van der Waals surface area contributed by atoms with Crippen LogP contribution in [0, 0.1) is 29.1 Å². The van der Waals surface area contributed by atoms with E-state index < -0.39 is 17.0 Å². The highest BCUT2D eigenvalue weighted by molar-refractivity contribution is 6.01. The Morgan fingerprint density at radius 1 is 0.569 bits per heavy atom. The fourth-order valence-corrected chi connectivity index (χ4v) is 9.88. The smallest absolute Gasteiger partial charge is 0.235 e. The predicted octanol–water partition coefficient (Wildman–Crippen LogP) is 12.0. The summed E-state index contributed by atoms with van der Waals surface area (Å²) in [5.74, 6) is 0.118. The molecule has 0 unspecified atom stereocenters. The molecule has 2 saturated carbocycles. The van der Waals surface area contributed by atoms with Gasteiger partial charge in [0, 0.05) is 23.2 Å². The molecule has 0 bridgehead atoms. The summed E-state index contributed by atoms with van der Waals surface area (Å²) in [5, 5.41) is 24.5. The normalized spacial score (nSPS) is 19.4. The van der Waals surface area contributed by atoms with Crippen molar-refractivity contribution in [2.45, 2.75) is 129 Å². The number of anilines is 2. The molecule has 0 saturated heterocycles. The molecule has 6 N–H and O–H groups in total. The second kappa shape index (κ2) is 24.4. The van der Waals surface area contributed by atoms with Crippen LogP contribution < -0.4 is 20.9 Å². The minimum atomic E-state index is -2.97. The van der Waals surface area contributed by atoms with Gasteiger partial charge in [0.15, 0.2) is 5.78 Å². The summed E-state index contributed by atoms with van der Waals surface area (Å²) < 4.78 is 12.4. The van der Waals surface area contributed by atoms with E-state index in [0.717, 1.165) is 28.9 Å². The highest BCUT2D eigenvalue weighted by Gasteiger charge is 2.54. The molecule has 0 amide bonds. The number of ketones is 2. The van der Waals surface area contributed by atoms with Gasteiger partial charge in [-0.2, -0.15) is 0 Å². The van der Waals surface area contributed by atoms with Crippen LogP contribution in [-0.2, 0) is 22.4 Å². The summed E-state index contributed by atoms with van der Waals surface area (Å²) in [4.78, 5) is 28.3. The van der Waals surface area contributed by atoms with Crippen molar-refractivity contribution in [2.24, 2.45) is 29.1 Å². The number of rotatable bonds is 24. The van der Waals surface area contributed by atoms with Crippen molar-refractivity contribution in [1.82, 2.24) is 0 Å². The molecule has 348 valence electrons. The zero-order valence-corrected chi connectivity index (χ0v) is 39.0. The van der Waals surface area contributed by atoms with E-state index in [1.165, 1.54) is 102 Å². The first-order chi connectivity index (χ1) is 31.4. The molecule has 2 fully saturated rings. The second-order valence-electron chi connectivity index (χ2n) is 19.3. The van der Waals surface area contributed by atoms with Gasteiger partial charge in [0.05, 0.1) is 13.2 Å². The van der Waals surface area contributed by atoms with Crippen molar-refractivity contribution in [3.8, 4) is 11.5 Å². The quantitative estimate of drug-likeness (QED) is 0.0309. The van der Waals surface area contributed by atoms with Gasteiger partial charge in [-0.15, -0.1) is 0 Å². The molecule has 0 atom stereocenters. The lowest BCUT2D eigenvalue weighted by molar-refractivity contribution is -0.230. The zero-order chi connectivity index (χ0) is 46.1. The number of carbonyl (C=O) groups excluding carboxylic acids is 2. The largest absolute Gasteiger partial charge is 0.493 e. The fraction of sp³-hybridized carbons (Fsp3) is 0.474. The maximum atomic E-state index is 14.2. The van der Waals surface area contributed by atoms with E-state index in [0.29, 0.717) is 53.1 Å². The first-order valence-electron chi connectivity index (χ1n) is 24.5. The number of ether oxygens (including phenoxy) is 2. The van der Waals surface area contributed by atoms with Crippen LogP contribution in [0.4, 0.5) is 11.4 Å². The fourth-order valence-electron chi connectivity index (χ4n) is 9.88. The number of unbranched alkanes of at least 4 members (excludes halogenated alkanes) is 2. The average molecular weight is 883 g/mol. The van der Waals surface area contributed by atoms with E-state index in [1.54, 1.807) is 60.7 Å². The van der Waals surface area contributed by atoms with Crippen LogP contribution in [0.15, 0.2) is 109 Å². The maximum absolute atomic E-state index is 14.2. The highest BCUT2D eigenvalue weighted by Crippen LogP contribution is 2.43. The van der Waals surface area contributed by atoms with Crippen LogP contribution in [-0.4, -0.2) is 40.8 Å². The van der Waals surface area contributed by atoms with Gasteiger partial charge >= 0.3 is 0 Å². The highest BCUT2D eigenvalue weighted by atomic mass is 16.5. The minimum Gasteiger partial charge on any atom is -0.493 e. The first-order valence-corrected chi connectivity index (χ1v) is 24.5. The third kappa shape index (κ3) is 14.9. The number of allylic oxidation sites excluding steroid dienone is 1. The SMILES string of the molecule is CCCCC1CCC(COc2ccc(C=CC(=O)CC(Cc3ccc(N)cc3)(Cc3ccc(N)cc3)C(O)(O)C(=O)C=Cc3ccc(OCC4CCC(CCCC)CC4)cc3)cc2)CC1. The lowest BCUT2D eigenvalue weighted by Crippen LogP contribution is -2.57. The van der Waals surface area contributed by atoms with Crippen LogP contribution in [0.25, 0.3) is 12.2 Å². The van der Waals surface area contributed by atoms with E-state index in [2.05, 4.69) is 13.8 Å². The van der Waals surface area contributed by atoms with Gasteiger partial charge in [0.1, 0.15) is 11.5 Å². The average Bonchev–Trinajstić information content (AvgIpc) is 3.32. The van der Waals surface area contributed by atoms with Crippen molar-refractivity contribution in [1.29, 1.82) is 0 Å². The van der Waals surface area contributed by atoms with Crippen LogP contribution in [0.2, 0.25) is 0 Å². The van der Waals surface area contributed by atoms with Gasteiger partial charge in [-0.05, 0) is 145 Å². The Morgan fingerprint density at radius 2 is 0.954 bits per heavy atom. The third-order valence-corrected chi connectivity index (χ3v) is 14.1. The van der Waals surface area contributed by atoms with E-state index >= 15 is 0 Å². The van der Waals surface area contributed by atoms with E-state index in [9.17, 15) is 19.8 Å². The van der Waals surface area contributed by atoms with Gasteiger partial charge in [-0.25, -0.2) is 0 Å². The standard InChI is InChI=1S/C57H74N2O6/c1-3-5-7-42-9-13-48(14-10-42)40-64-53-32-22-44(23-33-53)21-31-52(60)39-56(37-46-17-27-50(58)28-18-46,38-47-19-29-51(59)30-20-47)57(62,63)55(61)36-26-45-24-34-54(35-25-45)65-41-49-15-11-43(12-16-49)8-6-4-2/h17-36,42-43,48-49,62-63H,3-16,37-41,58-59H2,1-2H3. The lowest BCUT2D eigenvalue weighted by Gasteiger charge is -2.42. The van der Waals surface area contributed by atoms with Crippen molar-refractivity contribution in [3.63, 3.8) is 0 Å². The lowest BCUT2D eigenvalue weighted by atomic mass is 9.65. The van der Waals surface area contributed by atoms with Crippen LogP contribution >= 0.6 is 0 Å². The van der Waals surface area contributed by atoms with Crippen LogP contribution in [0.5, 0.6) is 11.5 Å². The first kappa shape index (κ1) is 49.3. The van der Waals surface area contributed by atoms with E-state index in [1.807, 2.05) is 48.5 Å². The minimum absolute atomic E-state index is 0.0112. The number of nitrogens with two attached hydrogens (primary N) is 2. The Kier molecular flexibility index (Phi) is 18.5. The summed E-state index contributed by atoms with van der Waals surface area (Å²) in [6.07, 6.45) is 23.3. The molecular formula is C57H74N2O6. The number of carbonyl (C=O) groups is 2. The molecule has 2 aliphatic carbocycles. The summed E-state index contributed by atoms with van der Waals surface area (Å²) in [6, 6.07) is 29.1. The zero-order valence-electron chi connectivity index (χ0n) is 39.0. The molecule has 0 spiro atoms. The summed E-state index contributed by atoms with van der Waals surface area (Å²) in [6.45, 7) is 5.91. The number of nitrogen functional groups attached to an aromatic ring is 2. The van der Waals surface area contributed by atoms with E-state index in [-0.39, 0.29) is 25.0 Å². The Hall–Kier alpha value is -5.18. The second-order valence-corrected chi connectivity index (χ2v) is 19.3. The Labute approximate surface area is 388 Å². The molecule has 6 rings (SSSR count). The molecule has 8 heteroatoms. The monoisotopic (exact) mass is 883 g/mol. The van der Waals surface area contributed by atoms with Gasteiger partial charge in [-0.1, -0.05) is 139 Å². The van der Waals surface area contributed by atoms with Crippen LogP contribution in [0.1, 0.15) is 132 Å². The third-order valence-electron chi connectivity index (χ3n) is 14.1. The number of hydrogen-bond acceptors (Lipinski definition) is 8. The van der Waals surface area contributed by atoms with Gasteiger partial charge in [0.2, 0.25) is 11.6 Å². The molecule has 0 heterocycles. The molecule has 2 aliphatic rings. The van der Waals surface area contributed by atoms with Gasteiger partial charge in [-0.3, -0.25) is 9.59 Å². The molecule has 0 radical (unpaired) electrons. The molecule has 0 aromatic heterocycles. The molecular weight excluding hydrogens is 809 g/mol. The Bertz CT molecular complexity index is 2060. The number of hydrogen-bond donors (Lipinski definition) is 4. The van der Waals surface area contributed by atoms with Gasteiger partial charge in [0.25, 0.3) is 0 Å². The van der Waals surface area contributed by atoms with Crippen molar-refractivity contribution >= 4 is 35.1 Å². The molecule has 0 aliphatic heterocycles. The Morgan fingerprint density at radius 3 is 1.35 bits per heavy atom. The van der Waals surface area contributed by atoms with Crippen molar-refractivity contribution in [3.05, 3.63) is 131 Å². The van der Waals surface area contributed by atoms with Crippen molar-refractivity contribution in [2.75, 3.05) is 24.7 Å². The van der Waals surface area contributed by atoms with Gasteiger partial charge < -0.3 is 31.2 Å². The number of aliphatic hydroxyl groups is 2. The topological polar surface area (TPSA) is 145 Å². The number of benzene rings is 4.